The molecule has 0 spiro atoms. The van der Waals surface area contributed by atoms with Crippen molar-refractivity contribution in [1.82, 2.24) is 5.32 Å². The van der Waals surface area contributed by atoms with Gasteiger partial charge in [0.2, 0.25) is 0 Å². The van der Waals surface area contributed by atoms with Crippen molar-refractivity contribution >= 4 is 9.84 Å². The summed E-state index contributed by atoms with van der Waals surface area (Å²) in [6.07, 6.45) is 5.89. The average Bonchev–Trinajstić information content (AvgIpc) is 2.05. The molecule has 0 aromatic carbocycles. The molecule has 0 saturated carbocycles. The minimum absolute atomic E-state index is 0.227. The molecule has 1 rings (SSSR count). The lowest BCUT2D eigenvalue weighted by Crippen LogP contribution is -2.36. The summed E-state index contributed by atoms with van der Waals surface area (Å²) < 4.78 is 22.7. The van der Waals surface area contributed by atoms with E-state index in [1.54, 1.807) is 0 Å². The largest absolute Gasteiger partial charge is 0.317 e. The van der Waals surface area contributed by atoms with Crippen molar-refractivity contribution < 1.29 is 8.42 Å². The van der Waals surface area contributed by atoms with Crippen LogP contribution in [0.25, 0.3) is 0 Å². The van der Waals surface area contributed by atoms with Gasteiger partial charge in [0.05, 0.1) is 11.5 Å². The van der Waals surface area contributed by atoms with Gasteiger partial charge in [-0.3, -0.25) is 0 Å². The van der Waals surface area contributed by atoms with E-state index >= 15 is 0 Å². The molecular formula is C9H18NO2S. The molecule has 1 aliphatic heterocycles. The summed E-state index contributed by atoms with van der Waals surface area (Å²) in [6, 6.07) is 0. The molecule has 1 fully saturated rings. The van der Waals surface area contributed by atoms with Crippen LogP contribution >= 0.6 is 0 Å². The minimum atomic E-state index is -3.09. The Kier molecular flexibility index (Phi) is 3.74. The third-order valence-electron chi connectivity index (χ3n) is 2.77. The molecule has 1 aliphatic rings. The number of hydrogen-bond acceptors (Lipinski definition) is 3. The summed E-state index contributed by atoms with van der Waals surface area (Å²) in [5.74, 6) is 0.314. The smallest absolute Gasteiger partial charge is 0.154 e. The first-order chi connectivity index (χ1) is 6.05. The van der Waals surface area contributed by atoms with E-state index in [-0.39, 0.29) is 5.25 Å². The molecule has 0 bridgehead atoms. The van der Waals surface area contributed by atoms with Crippen molar-refractivity contribution in [2.24, 2.45) is 5.92 Å². The van der Waals surface area contributed by atoms with Crippen LogP contribution in [0.15, 0.2) is 0 Å². The van der Waals surface area contributed by atoms with E-state index in [1.807, 2.05) is 6.92 Å². The molecule has 0 amide bonds. The van der Waals surface area contributed by atoms with Crippen molar-refractivity contribution in [3.8, 4) is 0 Å². The molecule has 4 heteroatoms. The predicted molar refractivity (Wildman–Crippen MR) is 53.9 cm³/mol. The number of hydrogen-bond donors (Lipinski definition) is 1. The van der Waals surface area contributed by atoms with Crippen LogP contribution in [-0.4, -0.2) is 26.8 Å². The van der Waals surface area contributed by atoms with Gasteiger partial charge < -0.3 is 5.32 Å². The molecule has 0 aromatic heterocycles. The molecule has 13 heavy (non-hydrogen) atoms. The van der Waals surface area contributed by atoms with Crippen molar-refractivity contribution in [3.05, 3.63) is 6.26 Å². The van der Waals surface area contributed by atoms with E-state index in [1.165, 1.54) is 0 Å². The summed E-state index contributed by atoms with van der Waals surface area (Å²) in [6.45, 7) is 3.81. The Hall–Kier alpha value is -0.0900. The third kappa shape index (κ3) is 2.95. The lowest BCUT2D eigenvalue weighted by Gasteiger charge is -2.28. The second-order valence-corrected chi connectivity index (χ2v) is 5.63. The molecule has 3 nitrogen and oxygen atoms in total. The first kappa shape index (κ1) is 11.0. The van der Waals surface area contributed by atoms with Gasteiger partial charge in [0.25, 0.3) is 0 Å². The molecule has 0 aromatic rings. The zero-order valence-electron chi connectivity index (χ0n) is 8.12. The third-order valence-corrected chi connectivity index (χ3v) is 4.41. The first-order valence-electron chi connectivity index (χ1n) is 4.83. The Morgan fingerprint density at radius 3 is 2.38 bits per heavy atom. The lowest BCUT2D eigenvalue weighted by molar-refractivity contribution is 0.351. The Labute approximate surface area is 80.8 Å². The fourth-order valence-corrected chi connectivity index (χ4v) is 3.46. The monoisotopic (exact) mass is 204 g/mol. The average molecular weight is 204 g/mol. The Morgan fingerprint density at radius 2 is 2.00 bits per heavy atom. The fourth-order valence-electron chi connectivity index (χ4n) is 2.10. The van der Waals surface area contributed by atoms with Gasteiger partial charge in [0.15, 0.2) is 9.84 Å². The van der Waals surface area contributed by atoms with Crippen LogP contribution in [0.4, 0.5) is 0 Å². The van der Waals surface area contributed by atoms with Crippen molar-refractivity contribution in [2.75, 3.05) is 13.1 Å². The molecule has 1 radical (unpaired) electrons. The predicted octanol–water partition coefficient (Wildman–Crippen LogP) is 0.971. The minimum Gasteiger partial charge on any atom is -0.317 e. The summed E-state index contributed by atoms with van der Waals surface area (Å²) in [4.78, 5) is 0. The van der Waals surface area contributed by atoms with E-state index in [9.17, 15) is 8.42 Å². The van der Waals surface area contributed by atoms with Gasteiger partial charge in [-0.15, -0.1) is 0 Å². The van der Waals surface area contributed by atoms with Crippen LogP contribution in [0, 0.1) is 12.2 Å². The van der Waals surface area contributed by atoms with Crippen LogP contribution in [0.2, 0.25) is 0 Å². The number of sulfone groups is 1. The molecular weight excluding hydrogens is 186 g/mol. The van der Waals surface area contributed by atoms with Crippen molar-refractivity contribution in [3.63, 3.8) is 0 Å². The Morgan fingerprint density at radius 1 is 1.46 bits per heavy atom. The highest BCUT2D eigenvalue weighted by Gasteiger charge is 2.29. The van der Waals surface area contributed by atoms with E-state index < -0.39 is 9.84 Å². The maximum atomic E-state index is 11.3. The Balaban J connectivity index is 2.65. The van der Waals surface area contributed by atoms with E-state index in [2.05, 4.69) is 11.6 Å². The molecule has 1 atom stereocenters. The normalized spacial score (nSPS) is 22.9. The summed E-state index contributed by atoms with van der Waals surface area (Å²) in [5, 5.41) is 3.00. The second kappa shape index (κ2) is 4.42. The fraction of sp³-hybridized carbons (Fsp3) is 0.889. The SMILES string of the molecule is [CH2]S(=O)(=O)C(CC)C1CCNCC1. The first-order valence-corrected chi connectivity index (χ1v) is 6.55. The quantitative estimate of drug-likeness (QED) is 0.745. The number of piperidine rings is 1. The maximum absolute atomic E-state index is 11.3. The van der Waals surface area contributed by atoms with Gasteiger partial charge >= 0.3 is 0 Å². The lowest BCUT2D eigenvalue weighted by atomic mass is 9.93. The van der Waals surface area contributed by atoms with Crippen LogP contribution in [0.1, 0.15) is 26.2 Å². The van der Waals surface area contributed by atoms with Gasteiger partial charge in [-0.2, -0.15) is 0 Å². The van der Waals surface area contributed by atoms with Crippen LogP contribution < -0.4 is 5.32 Å². The second-order valence-electron chi connectivity index (χ2n) is 3.70. The zero-order chi connectivity index (χ0) is 9.90. The molecule has 1 N–H and O–H groups in total. The van der Waals surface area contributed by atoms with Gasteiger partial charge in [-0.1, -0.05) is 6.92 Å². The highest BCUT2D eigenvalue weighted by molar-refractivity contribution is 7.93. The van der Waals surface area contributed by atoms with E-state index in [0.29, 0.717) is 12.3 Å². The standard InChI is InChI=1S/C9H18NO2S/c1-3-9(13(2,11)12)8-4-6-10-7-5-8/h8-10H,2-7H2,1H3. The highest BCUT2D eigenvalue weighted by atomic mass is 32.2. The van der Waals surface area contributed by atoms with Gasteiger partial charge in [-0.25, -0.2) is 8.42 Å². The van der Waals surface area contributed by atoms with Crippen LogP contribution in [-0.2, 0) is 9.84 Å². The topological polar surface area (TPSA) is 46.2 Å². The van der Waals surface area contributed by atoms with Crippen LogP contribution in [0.5, 0.6) is 0 Å². The summed E-state index contributed by atoms with van der Waals surface area (Å²) in [7, 11) is -3.09. The van der Waals surface area contributed by atoms with E-state index in [4.69, 9.17) is 0 Å². The van der Waals surface area contributed by atoms with Crippen molar-refractivity contribution in [1.29, 1.82) is 0 Å². The van der Waals surface area contributed by atoms with Crippen LogP contribution in [0.3, 0.4) is 0 Å². The zero-order valence-corrected chi connectivity index (χ0v) is 8.94. The summed E-state index contributed by atoms with van der Waals surface area (Å²) in [5.41, 5.74) is 0. The number of nitrogens with one attached hydrogen (secondary N) is 1. The summed E-state index contributed by atoms with van der Waals surface area (Å²) >= 11 is 0. The van der Waals surface area contributed by atoms with E-state index in [0.717, 1.165) is 25.9 Å². The molecule has 1 unspecified atom stereocenters. The van der Waals surface area contributed by atoms with Crippen molar-refractivity contribution in [2.45, 2.75) is 31.4 Å². The molecule has 77 valence electrons. The highest BCUT2D eigenvalue weighted by Crippen LogP contribution is 2.24. The number of rotatable bonds is 3. The van der Waals surface area contributed by atoms with Gasteiger partial charge in [-0.05, 0) is 38.3 Å². The molecule has 1 heterocycles. The molecule has 0 aliphatic carbocycles. The Bertz CT molecular complexity index is 242. The van der Waals surface area contributed by atoms with Gasteiger partial charge in [0.1, 0.15) is 0 Å². The van der Waals surface area contributed by atoms with Gasteiger partial charge in [0, 0.05) is 0 Å². The maximum Gasteiger partial charge on any atom is 0.154 e. The molecule has 1 saturated heterocycles.